The molecule has 4 rings (SSSR count). The molecule has 2 nitrogen and oxygen atoms in total. The summed E-state index contributed by atoms with van der Waals surface area (Å²) in [5.41, 5.74) is 3.94. The van der Waals surface area contributed by atoms with Crippen molar-refractivity contribution in [1.82, 2.24) is 9.21 Å². The Morgan fingerprint density at radius 2 is 1.52 bits per heavy atom. The number of rotatable bonds is 4. The number of aryl methyl sites for hydroxylation is 1. The minimum atomic E-state index is 0.813. The van der Waals surface area contributed by atoms with Gasteiger partial charge in [0.1, 0.15) is 0 Å². The van der Waals surface area contributed by atoms with Crippen LogP contribution in [-0.4, -0.2) is 41.4 Å². The molecule has 0 bridgehead atoms. The van der Waals surface area contributed by atoms with E-state index in [2.05, 4.69) is 71.6 Å². The van der Waals surface area contributed by atoms with Gasteiger partial charge in [0, 0.05) is 24.0 Å². The molecule has 2 aromatic rings. The molecule has 0 saturated carbocycles. The third-order valence-corrected chi connectivity index (χ3v) is 7.30. The molecule has 3 heteroatoms. The summed E-state index contributed by atoms with van der Waals surface area (Å²) in [5, 5.41) is 0. The average molecular weight is 381 g/mol. The Morgan fingerprint density at radius 1 is 0.815 bits per heavy atom. The molecule has 0 N–H and O–H groups in total. The number of hydrogen-bond acceptors (Lipinski definition) is 3. The zero-order chi connectivity index (χ0) is 18.6. The Hall–Kier alpha value is -1.29. The number of likely N-dealkylation sites (tertiary alicyclic amines) is 1. The first-order chi connectivity index (χ1) is 13.2. The summed E-state index contributed by atoms with van der Waals surface area (Å²) >= 11 is 1.94. The molecule has 2 aliphatic heterocycles. The molecule has 0 unspecified atom stereocenters. The first kappa shape index (κ1) is 19.0. The highest BCUT2D eigenvalue weighted by Gasteiger charge is 2.27. The third-order valence-electron chi connectivity index (χ3n) is 6.21. The zero-order valence-electron chi connectivity index (χ0n) is 16.7. The standard InChI is InChI=1S/C24H32N2S/c1-19-6-8-21(9-7-19)22-4-3-5-24(18-22)27-26-16-12-23(13-17-26)25-14-10-20(2)11-15-25/h3-9,18,20,23H,10-17H2,1-2H3. The van der Waals surface area contributed by atoms with Gasteiger partial charge < -0.3 is 4.90 Å². The Bertz CT molecular complexity index is 726. The van der Waals surface area contributed by atoms with E-state index in [0.29, 0.717) is 0 Å². The molecule has 0 spiro atoms. The van der Waals surface area contributed by atoms with E-state index in [1.807, 2.05) is 11.9 Å². The first-order valence-electron chi connectivity index (χ1n) is 10.5. The largest absolute Gasteiger partial charge is 0.300 e. The van der Waals surface area contributed by atoms with E-state index in [4.69, 9.17) is 0 Å². The molecule has 0 atom stereocenters. The van der Waals surface area contributed by atoms with Gasteiger partial charge in [-0.05, 0) is 86.8 Å². The first-order valence-corrected chi connectivity index (χ1v) is 11.3. The number of hydrogen-bond donors (Lipinski definition) is 0. The summed E-state index contributed by atoms with van der Waals surface area (Å²) in [7, 11) is 0. The SMILES string of the molecule is Cc1ccc(-c2cccc(SN3CCC(N4CCC(C)CC4)CC3)c2)cc1. The highest BCUT2D eigenvalue weighted by atomic mass is 32.2. The summed E-state index contributed by atoms with van der Waals surface area (Å²) in [5.74, 6) is 0.928. The van der Waals surface area contributed by atoms with Gasteiger partial charge in [0.25, 0.3) is 0 Å². The summed E-state index contributed by atoms with van der Waals surface area (Å²) in [4.78, 5) is 4.12. The Balaban J connectivity index is 1.33. The van der Waals surface area contributed by atoms with E-state index in [9.17, 15) is 0 Å². The molecule has 2 saturated heterocycles. The Kier molecular flexibility index (Phi) is 6.21. The molecule has 2 aliphatic rings. The summed E-state index contributed by atoms with van der Waals surface area (Å²) < 4.78 is 2.57. The van der Waals surface area contributed by atoms with E-state index in [1.54, 1.807) is 0 Å². The van der Waals surface area contributed by atoms with Crippen molar-refractivity contribution in [3.8, 4) is 11.1 Å². The Labute approximate surface area is 169 Å². The average Bonchev–Trinajstić information content (AvgIpc) is 2.70. The van der Waals surface area contributed by atoms with Crippen LogP contribution < -0.4 is 0 Å². The minimum absolute atomic E-state index is 0.813. The summed E-state index contributed by atoms with van der Waals surface area (Å²) in [6.07, 6.45) is 5.42. The second-order valence-corrected chi connectivity index (χ2v) is 9.53. The van der Waals surface area contributed by atoms with Crippen LogP contribution in [0.3, 0.4) is 0 Å². The van der Waals surface area contributed by atoms with Crippen molar-refractivity contribution >= 4 is 11.9 Å². The molecule has 0 amide bonds. The molecule has 27 heavy (non-hydrogen) atoms. The van der Waals surface area contributed by atoms with E-state index >= 15 is 0 Å². The molecular formula is C24H32N2S. The van der Waals surface area contributed by atoms with Crippen LogP contribution in [0.4, 0.5) is 0 Å². The monoisotopic (exact) mass is 380 g/mol. The molecular weight excluding hydrogens is 348 g/mol. The second kappa shape index (κ2) is 8.81. The van der Waals surface area contributed by atoms with Gasteiger partial charge in [0.05, 0.1) is 0 Å². The predicted molar refractivity (Wildman–Crippen MR) is 117 cm³/mol. The lowest BCUT2D eigenvalue weighted by Gasteiger charge is -2.41. The van der Waals surface area contributed by atoms with E-state index in [-0.39, 0.29) is 0 Å². The van der Waals surface area contributed by atoms with Crippen molar-refractivity contribution in [2.24, 2.45) is 5.92 Å². The normalized spacial score (nSPS) is 20.8. The van der Waals surface area contributed by atoms with Crippen LogP contribution in [0.15, 0.2) is 53.4 Å². The molecule has 2 fully saturated rings. The molecule has 2 aromatic carbocycles. The van der Waals surface area contributed by atoms with Crippen molar-refractivity contribution in [2.75, 3.05) is 26.2 Å². The van der Waals surface area contributed by atoms with Crippen molar-refractivity contribution < 1.29 is 0 Å². The maximum Gasteiger partial charge on any atom is 0.0236 e. The van der Waals surface area contributed by atoms with Crippen molar-refractivity contribution in [1.29, 1.82) is 0 Å². The van der Waals surface area contributed by atoms with Crippen LogP contribution in [0.5, 0.6) is 0 Å². The Morgan fingerprint density at radius 3 is 2.22 bits per heavy atom. The van der Waals surface area contributed by atoms with E-state index in [1.165, 1.54) is 73.4 Å². The fourth-order valence-electron chi connectivity index (χ4n) is 4.32. The molecule has 0 aromatic heterocycles. The molecule has 2 heterocycles. The van der Waals surface area contributed by atoms with Crippen molar-refractivity contribution in [3.63, 3.8) is 0 Å². The number of piperidine rings is 2. The van der Waals surface area contributed by atoms with Crippen molar-refractivity contribution in [2.45, 2.75) is 50.5 Å². The van der Waals surface area contributed by atoms with Gasteiger partial charge in [-0.15, -0.1) is 0 Å². The van der Waals surface area contributed by atoms with Gasteiger partial charge in [0.2, 0.25) is 0 Å². The fourth-order valence-corrected chi connectivity index (χ4v) is 5.33. The lowest BCUT2D eigenvalue weighted by molar-refractivity contribution is 0.103. The maximum atomic E-state index is 2.76. The number of benzene rings is 2. The van der Waals surface area contributed by atoms with E-state index < -0.39 is 0 Å². The second-order valence-electron chi connectivity index (χ2n) is 8.36. The van der Waals surface area contributed by atoms with Crippen LogP contribution in [0, 0.1) is 12.8 Å². The lowest BCUT2D eigenvalue weighted by atomic mass is 9.95. The lowest BCUT2D eigenvalue weighted by Crippen LogP contribution is -2.46. The van der Waals surface area contributed by atoms with Gasteiger partial charge in [-0.1, -0.05) is 48.9 Å². The van der Waals surface area contributed by atoms with Crippen LogP contribution in [0.25, 0.3) is 11.1 Å². The highest BCUT2D eigenvalue weighted by Crippen LogP contribution is 2.31. The quantitative estimate of drug-likeness (QED) is 0.613. The van der Waals surface area contributed by atoms with Crippen molar-refractivity contribution in [3.05, 3.63) is 54.1 Å². The van der Waals surface area contributed by atoms with Crippen LogP contribution >= 0.6 is 11.9 Å². The number of nitrogens with zero attached hydrogens (tertiary/aromatic N) is 2. The van der Waals surface area contributed by atoms with Gasteiger partial charge in [-0.25, -0.2) is 4.31 Å². The topological polar surface area (TPSA) is 6.48 Å². The predicted octanol–water partition coefficient (Wildman–Crippen LogP) is 5.87. The molecule has 144 valence electrons. The fraction of sp³-hybridized carbons (Fsp3) is 0.500. The summed E-state index contributed by atoms with van der Waals surface area (Å²) in [6.45, 7) is 9.59. The van der Waals surface area contributed by atoms with Crippen LogP contribution in [0.2, 0.25) is 0 Å². The maximum absolute atomic E-state index is 2.76. The molecule has 0 aliphatic carbocycles. The van der Waals surface area contributed by atoms with Crippen LogP contribution in [-0.2, 0) is 0 Å². The van der Waals surface area contributed by atoms with E-state index in [0.717, 1.165) is 12.0 Å². The smallest absolute Gasteiger partial charge is 0.0236 e. The van der Waals surface area contributed by atoms with Gasteiger partial charge >= 0.3 is 0 Å². The third kappa shape index (κ3) is 4.96. The van der Waals surface area contributed by atoms with Gasteiger partial charge in [0.15, 0.2) is 0 Å². The van der Waals surface area contributed by atoms with Gasteiger partial charge in [-0.3, -0.25) is 0 Å². The highest BCUT2D eigenvalue weighted by molar-refractivity contribution is 7.97. The summed E-state index contributed by atoms with van der Waals surface area (Å²) in [6, 6.07) is 18.7. The van der Waals surface area contributed by atoms with Gasteiger partial charge in [-0.2, -0.15) is 0 Å². The minimum Gasteiger partial charge on any atom is -0.300 e. The molecule has 0 radical (unpaired) electrons. The zero-order valence-corrected chi connectivity index (χ0v) is 17.5. The van der Waals surface area contributed by atoms with Crippen LogP contribution in [0.1, 0.15) is 38.2 Å².